The van der Waals surface area contributed by atoms with Crippen LogP contribution in [0.2, 0.25) is 5.02 Å². The van der Waals surface area contributed by atoms with Crippen LogP contribution >= 0.6 is 11.6 Å². The second kappa shape index (κ2) is 5.78. The minimum atomic E-state index is 0.378. The van der Waals surface area contributed by atoms with Crippen molar-refractivity contribution >= 4 is 22.6 Å². The molecule has 2 aliphatic heterocycles. The number of benzene rings is 1. The van der Waals surface area contributed by atoms with Gasteiger partial charge < -0.3 is 5.32 Å². The molecule has 5 rings (SSSR count). The number of piperidine rings is 1. The Balaban J connectivity index is 1.62. The molecule has 128 valence electrons. The highest BCUT2D eigenvalue weighted by atomic mass is 35.5. The lowest BCUT2D eigenvalue weighted by Crippen LogP contribution is -2.39. The van der Waals surface area contributed by atoms with Gasteiger partial charge in [0.05, 0.1) is 22.1 Å². The minimum Gasteiger partial charge on any atom is -0.311 e. The van der Waals surface area contributed by atoms with Crippen molar-refractivity contribution in [3.05, 3.63) is 41.0 Å². The van der Waals surface area contributed by atoms with Gasteiger partial charge in [-0.05, 0) is 32.6 Å². The standard InChI is InChI=1S/C19H20ClN5/c1-11-16-17(20)18(12-5-3-2-4-6-12)22-23-19(16)25(24-11)15-9-13-7-8-14(10-15)21-13/h2-6,13-15,21H,7-10H2,1H3/t13-,14+,15-. The number of fused-ring (bicyclic) bond motifs is 3. The maximum Gasteiger partial charge on any atom is 0.182 e. The fourth-order valence-corrected chi connectivity index (χ4v) is 4.78. The van der Waals surface area contributed by atoms with E-state index in [1.54, 1.807) is 0 Å². The van der Waals surface area contributed by atoms with Gasteiger partial charge in [-0.1, -0.05) is 41.9 Å². The van der Waals surface area contributed by atoms with Crippen molar-refractivity contribution in [3.8, 4) is 11.3 Å². The van der Waals surface area contributed by atoms with Crippen LogP contribution in [0.5, 0.6) is 0 Å². The molecule has 0 amide bonds. The Labute approximate surface area is 151 Å². The highest BCUT2D eigenvalue weighted by molar-refractivity contribution is 6.37. The van der Waals surface area contributed by atoms with E-state index in [1.165, 1.54) is 12.8 Å². The quantitative estimate of drug-likeness (QED) is 0.758. The average Bonchev–Trinajstić information content (AvgIpc) is 3.15. The van der Waals surface area contributed by atoms with Crippen molar-refractivity contribution in [1.82, 2.24) is 25.3 Å². The zero-order chi connectivity index (χ0) is 17.0. The van der Waals surface area contributed by atoms with Gasteiger partial charge in [0.1, 0.15) is 5.69 Å². The molecule has 5 nitrogen and oxygen atoms in total. The molecule has 2 saturated heterocycles. The highest BCUT2D eigenvalue weighted by Gasteiger charge is 2.35. The molecule has 1 N–H and O–H groups in total. The van der Waals surface area contributed by atoms with Crippen LogP contribution in [0.3, 0.4) is 0 Å². The van der Waals surface area contributed by atoms with E-state index in [0.717, 1.165) is 40.8 Å². The van der Waals surface area contributed by atoms with Crippen molar-refractivity contribution in [3.63, 3.8) is 0 Å². The predicted molar refractivity (Wildman–Crippen MR) is 98.7 cm³/mol. The second-order valence-corrected chi connectivity index (χ2v) is 7.60. The van der Waals surface area contributed by atoms with E-state index in [2.05, 4.69) is 20.2 Å². The molecule has 25 heavy (non-hydrogen) atoms. The molecule has 6 heteroatoms. The van der Waals surface area contributed by atoms with E-state index in [1.807, 2.05) is 37.3 Å². The Morgan fingerprint density at radius 3 is 2.52 bits per heavy atom. The number of hydrogen-bond donors (Lipinski definition) is 1. The zero-order valence-corrected chi connectivity index (χ0v) is 14.9. The molecule has 2 bridgehead atoms. The highest BCUT2D eigenvalue weighted by Crippen LogP contribution is 2.38. The van der Waals surface area contributed by atoms with Gasteiger partial charge in [-0.15, -0.1) is 10.2 Å². The van der Waals surface area contributed by atoms with Gasteiger partial charge in [-0.3, -0.25) is 0 Å². The molecule has 0 radical (unpaired) electrons. The zero-order valence-electron chi connectivity index (χ0n) is 14.1. The number of rotatable bonds is 2. The third-order valence-corrected chi connectivity index (χ3v) is 5.94. The van der Waals surface area contributed by atoms with E-state index >= 15 is 0 Å². The van der Waals surface area contributed by atoms with E-state index in [4.69, 9.17) is 16.7 Å². The van der Waals surface area contributed by atoms with Gasteiger partial charge in [0.15, 0.2) is 5.65 Å². The molecule has 1 aromatic carbocycles. The summed E-state index contributed by atoms with van der Waals surface area (Å²) in [7, 11) is 0. The van der Waals surface area contributed by atoms with Crippen molar-refractivity contribution < 1.29 is 0 Å². The summed E-state index contributed by atoms with van der Waals surface area (Å²) in [5.74, 6) is 0. The van der Waals surface area contributed by atoms with Crippen LogP contribution in [0.15, 0.2) is 30.3 Å². The van der Waals surface area contributed by atoms with Crippen LogP contribution in [-0.4, -0.2) is 32.1 Å². The molecule has 2 aromatic heterocycles. The maximum atomic E-state index is 6.74. The largest absolute Gasteiger partial charge is 0.311 e. The van der Waals surface area contributed by atoms with Crippen LogP contribution in [0, 0.1) is 6.92 Å². The molecule has 3 atom stereocenters. The Morgan fingerprint density at radius 1 is 1.08 bits per heavy atom. The first-order chi connectivity index (χ1) is 12.2. The van der Waals surface area contributed by atoms with Gasteiger partial charge in [0.25, 0.3) is 0 Å². The van der Waals surface area contributed by atoms with Crippen molar-refractivity contribution in [2.75, 3.05) is 0 Å². The summed E-state index contributed by atoms with van der Waals surface area (Å²) in [6, 6.07) is 11.6. The molecule has 2 aliphatic rings. The topological polar surface area (TPSA) is 55.6 Å². The summed E-state index contributed by atoms with van der Waals surface area (Å²) < 4.78 is 2.07. The molecular formula is C19H20ClN5. The van der Waals surface area contributed by atoms with Crippen LogP contribution in [0.25, 0.3) is 22.3 Å². The fourth-order valence-electron chi connectivity index (χ4n) is 4.41. The summed E-state index contributed by atoms with van der Waals surface area (Å²) in [5.41, 5.74) is 3.45. The van der Waals surface area contributed by atoms with E-state index in [0.29, 0.717) is 23.1 Å². The number of nitrogens with one attached hydrogen (secondary N) is 1. The molecule has 0 aliphatic carbocycles. The lowest BCUT2D eigenvalue weighted by atomic mass is 10.00. The van der Waals surface area contributed by atoms with Crippen LogP contribution in [0.4, 0.5) is 0 Å². The number of aryl methyl sites for hydroxylation is 1. The number of nitrogens with zero attached hydrogens (tertiary/aromatic N) is 4. The third-order valence-electron chi connectivity index (χ3n) is 5.57. The SMILES string of the molecule is Cc1nn([C@@H]2C[C@H]3CC[C@@H](C2)N3)c2nnc(-c3ccccc3)c(Cl)c12. The van der Waals surface area contributed by atoms with Gasteiger partial charge in [0, 0.05) is 17.6 Å². The Bertz CT molecular complexity index is 924. The smallest absolute Gasteiger partial charge is 0.182 e. The average molecular weight is 354 g/mol. The summed E-state index contributed by atoms with van der Waals surface area (Å²) in [6.07, 6.45) is 4.74. The van der Waals surface area contributed by atoms with E-state index < -0.39 is 0 Å². The monoisotopic (exact) mass is 353 g/mol. The van der Waals surface area contributed by atoms with Crippen molar-refractivity contribution in [2.24, 2.45) is 0 Å². The molecule has 4 heterocycles. The lowest BCUT2D eigenvalue weighted by molar-refractivity contribution is 0.285. The summed E-state index contributed by atoms with van der Waals surface area (Å²) in [6.45, 7) is 2.01. The molecular weight excluding hydrogens is 334 g/mol. The normalized spacial score (nSPS) is 25.6. The molecule has 3 aromatic rings. The fraction of sp³-hybridized carbons (Fsp3) is 0.421. The van der Waals surface area contributed by atoms with Crippen molar-refractivity contribution in [1.29, 1.82) is 0 Å². The summed E-state index contributed by atoms with van der Waals surface area (Å²) in [5, 5.41) is 19.0. The maximum absolute atomic E-state index is 6.74. The Hall–Kier alpha value is -1.98. The predicted octanol–water partition coefficient (Wildman–Crippen LogP) is 3.91. The van der Waals surface area contributed by atoms with Crippen LogP contribution in [0.1, 0.15) is 37.4 Å². The Morgan fingerprint density at radius 2 is 1.80 bits per heavy atom. The van der Waals surface area contributed by atoms with E-state index in [9.17, 15) is 0 Å². The van der Waals surface area contributed by atoms with Crippen LogP contribution < -0.4 is 5.32 Å². The number of halogens is 1. The van der Waals surface area contributed by atoms with E-state index in [-0.39, 0.29) is 0 Å². The van der Waals surface area contributed by atoms with Crippen molar-refractivity contribution in [2.45, 2.75) is 50.7 Å². The lowest BCUT2D eigenvalue weighted by Gasteiger charge is -2.29. The van der Waals surface area contributed by atoms with Crippen LogP contribution in [-0.2, 0) is 0 Å². The molecule has 0 saturated carbocycles. The van der Waals surface area contributed by atoms with Gasteiger partial charge in [-0.25, -0.2) is 4.68 Å². The Kier molecular flexibility index (Phi) is 3.54. The third kappa shape index (κ3) is 2.45. The first-order valence-corrected chi connectivity index (χ1v) is 9.31. The molecule has 0 spiro atoms. The summed E-state index contributed by atoms with van der Waals surface area (Å²) in [4.78, 5) is 0. The summed E-state index contributed by atoms with van der Waals surface area (Å²) >= 11 is 6.74. The van der Waals surface area contributed by atoms with Gasteiger partial charge >= 0.3 is 0 Å². The number of hydrogen-bond acceptors (Lipinski definition) is 4. The molecule has 0 unspecified atom stereocenters. The second-order valence-electron chi connectivity index (χ2n) is 7.22. The van der Waals surface area contributed by atoms with Gasteiger partial charge in [0.2, 0.25) is 0 Å². The minimum absolute atomic E-state index is 0.378. The first-order valence-electron chi connectivity index (χ1n) is 8.93. The van der Waals surface area contributed by atoms with Gasteiger partial charge in [-0.2, -0.15) is 5.10 Å². The molecule has 2 fully saturated rings. The first kappa shape index (κ1) is 15.3. The number of aromatic nitrogens is 4.